The number of hydrogen-bond donors (Lipinski definition) is 1. The van der Waals surface area contributed by atoms with Crippen molar-refractivity contribution in [1.29, 1.82) is 0 Å². The molecule has 0 aliphatic rings. The Morgan fingerprint density at radius 1 is 1.16 bits per heavy atom. The molecule has 0 spiro atoms. The Bertz CT molecular complexity index is 585. The summed E-state index contributed by atoms with van der Waals surface area (Å²) in [6.45, 7) is -0.877. The van der Waals surface area contributed by atoms with Gasteiger partial charge in [0.2, 0.25) is 5.82 Å². The van der Waals surface area contributed by atoms with E-state index >= 15 is 0 Å². The molecule has 0 atom stereocenters. The van der Waals surface area contributed by atoms with Gasteiger partial charge in [0.25, 0.3) is 0 Å². The zero-order chi connectivity index (χ0) is 14.2. The van der Waals surface area contributed by atoms with E-state index in [0.717, 1.165) is 0 Å². The molecule has 9 heteroatoms. The largest absolute Gasteiger partial charge is 0.471 e. The minimum Gasteiger partial charge on any atom is -0.391 e. The second-order valence-electron chi connectivity index (χ2n) is 3.50. The van der Waals surface area contributed by atoms with Crippen LogP contribution in [0.3, 0.4) is 0 Å². The van der Waals surface area contributed by atoms with Gasteiger partial charge in [-0.2, -0.15) is 18.2 Å². The van der Waals surface area contributed by atoms with Crippen molar-refractivity contribution >= 4 is 0 Å². The average Bonchev–Trinajstić information content (AvgIpc) is 2.77. The van der Waals surface area contributed by atoms with E-state index < -0.39 is 41.7 Å². The van der Waals surface area contributed by atoms with Gasteiger partial charge in [-0.05, 0) is 12.1 Å². The van der Waals surface area contributed by atoms with Crippen LogP contribution in [0.1, 0.15) is 11.5 Å². The monoisotopic (exact) mass is 280 g/mol. The van der Waals surface area contributed by atoms with Crippen LogP contribution in [0, 0.1) is 11.6 Å². The number of nitrogens with zero attached hydrogens (tertiary/aromatic N) is 2. The highest BCUT2D eigenvalue weighted by atomic mass is 19.4. The lowest BCUT2D eigenvalue weighted by Gasteiger charge is -2.03. The number of alkyl halides is 3. The fourth-order valence-electron chi connectivity index (χ4n) is 1.34. The number of rotatable bonds is 2. The molecule has 1 N–H and O–H groups in total. The quantitative estimate of drug-likeness (QED) is 0.859. The van der Waals surface area contributed by atoms with E-state index in [4.69, 9.17) is 5.11 Å². The van der Waals surface area contributed by atoms with Crippen molar-refractivity contribution in [3.8, 4) is 11.4 Å². The van der Waals surface area contributed by atoms with Crippen molar-refractivity contribution < 1.29 is 31.6 Å². The maximum absolute atomic E-state index is 13.3. The number of benzene rings is 1. The first-order valence-corrected chi connectivity index (χ1v) is 4.83. The molecule has 19 heavy (non-hydrogen) atoms. The van der Waals surface area contributed by atoms with E-state index in [-0.39, 0.29) is 5.56 Å². The zero-order valence-corrected chi connectivity index (χ0v) is 9.00. The van der Waals surface area contributed by atoms with Crippen molar-refractivity contribution in [3.63, 3.8) is 0 Å². The van der Waals surface area contributed by atoms with E-state index in [2.05, 4.69) is 14.7 Å². The van der Waals surface area contributed by atoms with Crippen LogP contribution < -0.4 is 0 Å². The van der Waals surface area contributed by atoms with Crippen LogP contribution in [0.5, 0.6) is 0 Å². The molecule has 0 aliphatic carbocycles. The first-order chi connectivity index (χ1) is 8.82. The third-order valence-electron chi connectivity index (χ3n) is 2.23. The summed E-state index contributed by atoms with van der Waals surface area (Å²) in [4.78, 5) is 2.99. The molecule has 1 heterocycles. The second-order valence-corrected chi connectivity index (χ2v) is 3.50. The zero-order valence-electron chi connectivity index (χ0n) is 9.00. The van der Waals surface area contributed by atoms with Gasteiger partial charge in [0.1, 0.15) is 11.6 Å². The van der Waals surface area contributed by atoms with E-state index in [9.17, 15) is 22.0 Å². The number of aliphatic hydroxyl groups excluding tert-OH is 1. The first kappa shape index (κ1) is 13.4. The molecule has 0 bridgehead atoms. The molecule has 0 saturated heterocycles. The Kier molecular flexibility index (Phi) is 3.23. The van der Waals surface area contributed by atoms with E-state index in [1.807, 2.05) is 0 Å². The molecule has 0 fully saturated rings. The van der Waals surface area contributed by atoms with Gasteiger partial charge in [0.05, 0.1) is 6.61 Å². The van der Waals surface area contributed by atoms with Gasteiger partial charge in [0, 0.05) is 11.1 Å². The van der Waals surface area contributed by atoms with Gasteiger partial charge in [-0.1, -0.05) is 5.16 Å². The molecule has 1 aromatic carbocycles. The molecule has 0 saturated carbocycles. The normalized spacial score (nSPS) is 11.9. The Labute approximate surface area is 102 Å². The topological polar surface area (TPSA) is 59.2 Å². The molecular formula is C10H5F5N2O2. The number of aliphatic hydroxyl groups is 1. The summed E-state index contributed by atoms with van der Waals surface area (Å²) in [6, 6.07) is 1.42. The second kappa shape index (κ2) is 4.57. The van der Waals surface area contributed by atoms with E-state index in [0.29, 0.717) is 12.1 Å². The third-order valence-corrected chi connectivity index (χ3v) is 2.23. The Balaban J connectivity index is 2.46. The Hall–Kier alpha value is -2.03. The van der Waals surface area contributed by atoms with Crippen molar-refractivity contribution in [1.82, 2.24) is 10.1 Å². The summed E-state index contributed by atoms with van der Waals surface area (Å²) in [6.07, 6.45) is -4.84. The van der Waals surface area contributed by atoms with Crippen LogP contribution in [-0.4, -0.2) is 15.2 Å². The molecule has 2 rings (SSSR count). The van der Waals surface area contributed by atoms with Crippen LogP contribution in [0.15, 0.2) is 16.7 Å². The third kappa shape index (κ3) is 2.55. The predicted octanol–water partition coefficient (Wildman–Crippen LogP) is 2.53. The predicted molar refractivity (Wildman–Crippen MR) is 50.6 cm³/mol. The molecule has 2 aromatic rings. The molecule has 0 amide bonds. The van der Waals surface area contributed by atoms with Gasteiger partial charge >= 0.3 is 12.1 Å². The highest BCUT2D eigenvalue weighted by Gasteiger charge is 2.38. The lowest BCUT2D eigenvalue weighted by molar-refractivity contribution is -0.159. The average molecular weight is 280 g/mol. The van der Waals surface area contributed by atoms with Gasteiger partial charge in [-0.15, -0.1) is 0 Å². The Morgan fingerprint density at radius 2 is 1.74 bits per heavy atom. The van der Waals surface area contributed by atoms with Crippen molar-refractivity contribution in [2.45, 2.75) is 12.8 Å². The van der Waals surface area contributed by atoms with Crippen LogP contribution in [-0.2, 0) is 12.8 Å². The van der Waals surface area contributed by atoms with Gasteiger partial charge in [-0.25, -0.2) is 8.78 Å². The highest BCUT2D eigenvalue weighted by molar-refractivity contribution is 5.55. The summed E-state index contributed by atoms with van der Waals surface area (Å²) in [5, 5.41) is 11.7. The van der Waals surface area contributed by atoms with Crippen molar-refractivity contribution in [2.75, 3.05) is 0 Å². The minimum absolute atomic E-state index is 0.327. The molecule has 0 unspecified atom stereocenters. The maximum atomic E-state index is 13.3. The Morgan fingerprint density at radius 3 is 2.16 bits per heavy atom. The molecule has 4 nitrogen and oxygen atoms in total. The number of hydrogen-bond acceptors (Lipinski definition) is 4. The first-order valence-electron chi connectivity index (χ1n) is 4.83. The molecular weight excluding hydrogens is 275 g/mol. The lowest BCUT2D eigenvalue weighted by Crippen LogP contribution is -2.05. The summed E-state index contributed by atoms with van der Waals surface area (Å²) in [7, 11) is 0. The van der Waals surface area contributed by atoms with Crippen LogP contribution in [0.25, 0.3) is 11.4 Å². The summed E-state index contributed by atoms with van der Waals surface area (Å²) in [5.74, 6) is -4.45. The van der Waals surface area contributed by atoms with Crippen LogP contribution in [0.4, 0.5) is 22.0 Å². The summed E-state index contributed by atoms with van der Waals surface area (Å²) in [5.41, 5.74) is -0.922. The highest BCUT2D eigenvalue weighted by Crippen LogP contribution is 2.30. The van der Waals surface area contributed by atoms with Crippen molar-refractivity contribution in [2.24, 2.45) is 0 Å². The molecule has 0 radical (unpaired) electrons. The lowest BCUT2D eigenvalue weighted by atomic mass is 10.1. The summed E-state index contributed by atoms with van der Waals surface area (Å²) >= 11 is 0. The van der Waals surface area contributed by atoms with Gasteiger partial charge < -0.3 is 9.63 Å². The number of aromatic nitrogens is 2. The van der Waals surface area contributed by atoms with Crippen LogP contribution >= 0.6 is 0 Å². The minimum atomic E-state index is -4.84. The molecule has 0 aliphatic heterocycles. The molecule has 102 valence electrons. The van der Waals surface area contributed by atoms with E-state index in [1.54, 1.807) is 0 Å². The smallest absolute Gasteiger partial charge is 0.391 e. The summed E-state index contributed by atoms with van der Waals surface area (Å²) < 4.78 is 67.2. The van der Waals surface area contributed by atoms with Crippen molar-refractivity contribution in [3.05, 3.63) is 35.2 Å². The fourth-order valence-corrected chi connectivity index (χ4v) is 1.34. The molecule has 1 aromatic heterocycles. The van der Waals surface area contributed by atoms with Gasteiger partial charge in [-0.3, -0.25) is 0 Å². The maximum Gasteiger partial charge on any atom is 0.471 e. The standard InChI is InChI=1S/C10H5F5N2O2/c11-6-1-4(2-7(12)5(6)3-18)8-16-9(19-17-8)10(13,14)15/h1-2,18H,3H2. The fraction of sp³-hybridized carbons (Fsp3) is 0.200. The SMILES string of the molecule is OCc1c(F)cc(-c2noc(C(F)(F)F)n2)cc1F. The number of halogens is 5. The van der Waals surface area contributed by atoms with E-state index in [1.165, 1.54) is 0 Å². The van der Waals surface area contributed by atoms with Crippen LogP contribution in [0.2, 0.25) is 0 Å². The van der Waals surface area contributed by atoms with Gasteiger partial charge in [0.15, 0.2) is 0 Å².